The van der Waals surface area contributed by atoms with Crippen LogP contribution >= 0.6 is 0 Å². The second-order valence-electron chi connectivity index (χ2n) is 7.21. The SMILES string of the molecule is COc1cc(CNc2ncc([N+](=O)[O-])c(NCC3CCC(N)CC3)n2)ccc1O. The average Bonchev–Trinajstić information content (AvgIpc) is 2.72. The number of nitro groups is 1. The van der Waals surface area contributed by atoms with E-state index in [1.54, 1.807) is 12.1 Å². The lowest BCUT2D eigenvalue weighted by Gasteiger charge is -2.26. The van der Waals surface area contributed by atoms with Crippen LogP contribution in [0.5, 0.6) is 11.5 Å². The number of hydrogen-bond acceptors (Lipinski definition) is 9. The molecule has 0 bridgehead atoms. The third-order valence-electron chi connectivity index (χ3n) is 5.11. The van der Waals surface area contributed by atoms with Crippen molar-refractivity contribution in [2.24, 2.45) is 11.7 Å². The number of aromatic hydroxyl groups is 1. The number of aromatic nitrogens is 2. The summed E-state index contributed by atoms with van der Waals surface area (Å²) in [5.74, 6) is 1.31. The maximum Gasteiger partial charge on any atom is 0.329 e. The number of anilines is 2. The lowest BCUT2D eigenvalue weighted by Crippen LogP contribution is -2.29. The zero-order valence-electron chi connectivity index (χ0n) is 16.3. The number of benzene rings is 1. The van der Waals surface area contributed by atoms with E-state index in [1.165, 1.54) is 19.4 Å². The van der Waals surface area contributed by atoms with E-state index in [0.29, 0.717) is 24.8 Å². The molecule has 0 radical (unpaired) electrons. The van der Waals surface area contributed by atoms with Gasteiger partial charge in [0.25, 0.3) is 0 Å². The summed E-state index contributed by atoms with van der Waals surface area (Å²) in [5.41, 5.74) is 6.62. The number of ether oxygens (including phenoxy) is 1. The van der Waals surface area contributed by atoms with Gasteiger partial charge in [0.2, 0.25) is 11.8 Å². The summed E-state index contributed by atoms with van der Waals surface area (Å²) in [6.07, 6.45) is 5.15. The van der Waals surface area contributed by atoms with Crippen molar-refractivity contribution in [1.29, 1.82) is 0 Å². The zero-order valence-corrected chi connectivity index (χ0v) is 16.3. The molecule has 1 aliphatic carbocycles. The Morgan fingerprint density at radius 2 is 2.07 bits per heavy atom. The Morgan fingerprint density at radius 3 is 2.76 bits per heavy atom. The summed E-state index contributed by atoms with van der Waals surface area (Å²) >= 11 is 0. The van der Waals surface area contributed by atoms with Gasteiger partial charge in [-0.15, -0.1) is 0 Å². The monoisotopic (exact) mass is 402 g/mol. The maximum absolute atomic E-state index is 11.3. The van der Waals surface area contributed by atoms with E-state index in [4.69, 9.17) is 10.5 Å². The molecule has 1 heterocycles. The summed E-state index contributed by atoms with van der Waals surface area (Å²) < 4.78 is 5.09. The van der Waals surface area contributed by atoms with Crippen LogP contribution in [-0.4, -0.2) is 39.7 Å². The number of hydrogen-bond donors (Lipinski definition) is 4. The van der Waals surface area contributed by atoms with Crippen molar-refractivity contribution in [3.63, 3.8) is 0 Å². The van der Waals surface area contributed by atoms with Gasteiger partial charge in [0.05, 0.1) is 12.0 Å². The molecule has 10 heteroatoms. The minimum Gasteiger partial charge on any atom is -0.504 e. The van der Waals surface area contributed by atoms with Crippen molar-refractivity contribution in [1.82, 2.24) is 9.97 Å². The maximum atomic E-state index is 11.3. The molecule has 156 valence electrons. The first-order valence-corrected chi connectivity index (χ1v) is 9.57. The number of nitrogens with two attached hydrogens (primary N) is 1. The van der Waals surface area contributed by atoms with Crippen molar-refractivity contribution >= 4 is 17.5 Å². The zero-order chi connectivity index (χ0) is 20.8. The van der Waals surface area contributed by atoms with Gasteiger partial charge in [-0.25, -0.2) is 4.98 Å². The van der Waals surface area contributed by atoms with Crippen LogP contribution in [0.2, 0.25) is 0 Å². The van der Waals surface area contributed by atoms with E-state index >= 15 is 0 Å². The van der Waals surface area contributed by atoms with Crippen molar-refractivity contribution in [3.8, 4) is 11.5 Å². The lowest BCUT2D eigenvalue weighted by atomic mass is 9.86. The van der Waals surface area contributed by atoms with Gasteiger partial charge in [-0.1, -0.05) is 6.07 Å². The second kappa shape index (κ2) is 9.37. The lowest BCUT2D eigenvalue weighted by molar-refractivity contribution is -0.384. The van der Waals surface area contributed by atoms with Gasteiger partial charge in [-0.3, -0.25) is 10.1 Å². The first-order valence-electron chi connectivity index (χ1n) is 9.57. The van der Waals surface area contributed by atoms with Crippen LogP contribution in [0.1, 0.15) is 31.2 Å². The fraction of sp³-hybridized carbons (Fsp3) is 0.474. The van der Waals surface area contributed by atoms with Crippen molar-refractivity contribution in [3.05, 3.63) is 40.1 Å². The molecule has 1 fully saturated rings. The molecule has 1 aromatic heterocycles. The highest BCUT2D eigenvalue weighted by atomic mass is 16.6. The standard InChI is InChI=1S/C19H26N6O4/c1-29-17-8-13(4-7-16(17)26)10-22-19-23-11-15(25(27)28)18(24-19)21-9-12-2-5-14(20)6-3-12/h4,7-8,11-12,14,26H,2-3,5-6,9-10,20H2,1H3,(H2,21,22,23,24). The predicted octanol–water partition coefficient (Wildman–Crippen LogP) is 2.64. The first kappa shape index (κ1) is 20.6. The Bertz CT molecular complexity index is 855. The van der Waals surface area contributed by atoms with E-state index < -0.39 is 4.92 Å². The number of nitrogens with one attached hydrogen (secondary N) is 2. The molecule has 3 rings (SSSR count). The molecule has 0 unspecified atom stereocenters. The van der Waals surface area contributed by atoms with Gasteiger partial charge < -0.3 is 26.2 Å². The number of phenols is 1. The minimum absolute atomic E-state index is 0.0537. The quantitative estimate of drug-likeness (QED) is 0.386. The van der Waals surface area contributed by atoms with Gasteiger partial charge in [0, 0.05) is 19.1 Å². The molecule has 5 N–H and O–H groups in total. The Morgan fingerprint density at radius 1 is 1.31 bits per heavy atom. The Kier molecular flexibility index (Phi) is 6.65. The van der Waals surface area contributed by atoms with Gasteiger partial charge in [-0.05, 0) is 49.3 Å². The Balaban J connectivity index is 1.66. The molecular weight excluding hydrogens is 376 g/mol. The highest BCUT2D eigenvalue weighted by Crippen LogP contribution is 2.28. The number of methoxy groups -OCH3 is 1. The highest BCUT2D eigenvalue weighted by molar-refractivity contribution is 5.57. The predicted molar refractivity (Wildman–Crippen MR) is 109 cm³/mol. The molecule has 1 aromatic carbocycles. The summed E-state index contributed by atoms with van der Waals surface area (Å²) in [7, 11) is 1.48. The molecular formula is C19H26N6O4. The minimum atomic E-state index is -0.492. The second-order valence-corrected chi connectivity index (χ2v) is 7.21. The smallest absolute Gasteiger partial charge is 0.329 e. The molecule has 2 aromatic rings. The third-order valence-corrected chi connectivity index (χ3v) is 5.11. The fourth-order valence-corrected chi connectivity index (χ4v) is 3.37. The fourth-order valence-electron chi connectivity index (χ4n) is 3.37. The van der Waals surface area contributed by atoms with E-state index in [9.17, 15) is 15.2 Å². The van der Waals surface area contributed by atoms with Gasteiger partial charge in [0.15, 0.2) is 11.5 Å². The van der Waals surface area contributed by atoms with Crippen molar-refractivity contribution < 1.29 is 14.8 Å². The molecule has 0 amide bonds. The van der Waals surface area contributed by atoms with Crippen LogP contribution < -0.4 is 21.1 Å². The molecule has 10 nitrogen and oxygen atoms in total. The summed E-state index contributed by atoms with van der Waals surface area (Å²) in [6.45, 7) is 0.980. The van der Waals surface area contributed by atoms with E-state index in [1.807, 2.05) is 0 Å². The molecule has 0 atom stereocenters. The molecule has 0 saturated heterocycles. The summed E-state index contributed by atoms with van der Waals surface area (Å²) in [5, 5.41) is 27.2. The topological polar surface area (TPSA) is 148 Å². The van der Waals surface area contributed by atoms with Crippen LogP contribution in [0.4, 0.5) is 17.5 Å². The average molecular weight is 402 g/mol. The van der Waals surface area contributed by atoms with Crippen LogP contribution in [0.15, 0.2) is 24.4 Å². The Labute approximate surface area is 168 Å². The van der Waals surface area contributed by atoms with Crippen molar-refractivity contribution in [2.45, 2.75) is 38.3 Å². The third kappa shape index (κ3) is 5.44. The number of rotatable bonds is 8. The largest absolute Gasteiger partial charge is 0.504 e. The number of nitrogens with zero attached hydrogens (tertiary/aromatic N) is 3. The van der Waals surface area contributed by atoms with Gasteiger partial charge in [-0.2, -0.15) is 4.98 Å². The van der Waals surface area contributed by atoms with Gasteiger partial charge in [0.1, 0.15) is 6.20 Å². The van der Waals surface area contributed by atoms with Crippen molar-refractivity contribution in [2.75, 3.05) is 24.3 Å². The van der Waals surface area contributed by atoms with E-state index in [-0.39, 0.29) is 29.2 Å². The molecule has 0 aliphatic heterocycles. The summed E-state index contributed by atoms with van der Waals surface area (Å²) in [4.78, 5) is 19.2. The first-order chi connectivity index (χ1) is 14.0. The highest BCUT2D eigenvalue weighted by Gasteiger charge is 2.21. The molecule has 29 heavy (non-hydrogen) atoms. The van der Waals surface area contributed by atoms with E-state index in [2.05, 4.69) is 20.6 Å². The normalized spacial score (nSPS) is 18.8. The number of phenolic OH excluding ortho intramolecular Hbond substituents is 1. The van der Waals surface area contributed by atoms with E-state index in [0.717, 1.165) is 31.2 Å². The van der Waals surface area contributed by atoms with Crippen LogP contribution in [0, 0.1) is 16.0 Å². The van der Waals surface area contributed by atoms with Crippen LogP contribution in [0.3, 0.4) is 0 Å². The Hall–Kier alpha value is -3.14. The summed E-state index contributed by atoms with van der Waals surface area (Å²) in [6, 6.07) is 5.23. The molecule has 1 aliphatic rings. The molecule has 0 spiro atoms. The van der Waals surface area contributed by atoms with Gasteiger partial charge >= 0.3 is 5.69 Å². The molecule has 1 saturated carbocycles. The van der Waals surface area contributed by atoms with Crippen LogP contribution in [-0.2, 0) is 6.54 Å². The van der Waals surface area contributed by atoms with Crippen LogP contribution in [0.25, 0.3) is 0 Å².